The van der Waals surface area contributed by atoms with Gasteiger partial charge >= 0.3 is 0 Å². The Hall–Kier alpha value is -7.42. The number of nitrogens with zero attached hydrogens (tertiary/aromatic N) is 2. The quantitative estimate of drug-likeness (QED) is 0.135. The highest BCUT2D eigenvalue weighted by molar-refractivity contribution is 6.29. The van der Waals surface area contributed by atoms with Gasteiger partial charge in [0.25, 0.3) is 0 Å². The van der Waals surface area contributed by atoms with E-state index in [1.54, 1.807) is 0 Å². The van der Waals surface area contributed by atoms with Crippen molar-refractivity contribution in [3.63, 3.8) is 0 Å². The number of benzene rings is 9. The van der Waals surface area contributed by atoms with Crippen molar-refractivity contribution < 1.29 is 0 Å². The third-order valence-electron chi connectivity index (χ3n) is 15.5. The van der Waals surface area contributed by atoms with Crippen molar-refractivity contribution in [2.75, 3.05) is 0 Å². The number of hydrogen-bond donors (Lipinski definition) is 0. The molecule has 4 heterocycles. The zero-order valence-electron chi connectivity index (χ0n) is 40.4. The highest BCUT2D eigenvalue weighted by Crippen LogP contribution is 2.50. The maximum Gasteiger partial charge on any atom is 0.0623 e. The van der Waals surface area contributed by atoms with Crippen molar-refractivity contribution in [1.29, 1.82) is 0 Å². The van der Waals surface area contributed by atoms with Crippen LogP contribution in [0.15, 0.2) is 170 Å². The van der Waals surface area contributed by atoms with Gasteiger partial charge in [0.05, 0.1) is 33.1 Å². The zero-order chi connectivity index (χ0) is 46.3. The summed E-state index contributed by atoms with van der Waals surface area (Å²) in [5.41, 5.74) is 23.6. The Morgan fingerprint density at radius 3 is 1.01 bits per heavy atom. The van der Waals surface area contributed by atoms with Crippen LogP contribution in [0.25, 0.3) is 76.2 Å². The van der Waals surface area contributed by atoms with E-state index in [1.807, 2.05) is 0 Å². The average Bonchev–Trinajstić information content (AvgIpc) is 4.05. The Kier molecular flexibility index (Phi) is 9.03. The second kappa shape index (κ2) is 15.0. The molecule has 13 aromatic rings. The first-order chi connectivity index (χ1) is 33.0. The fourth-order valence-corrected chi connectivity index (χ4v) is 12.6. The van der Waals surface area contributed by atoms with Crippen molar-refractivity contribution in [2.24, 2.45) is 0 Å². The Labute approximate surface area is 398 Å². The summed E-state index contributed by atoms with van der Waals surface area (Å²) in [5, 5.41) is 10.5. The molecule has 0 bridgehead atoms. The molecule has 0 amide bonds. The Bertz CT molecular complexity index is 3810. The highest BCUT2D eigenvalue weighted by Gasteiger charge is 2.29. The van der Waals surface area contributed by atoms with Crippen LogP contribution < -0.4 is 0 Å². The lowest BCUT2D eigenvalue weighted by Gasteiger charge is -2.22. The minimum absolute atomic E-state index is 0.0677. The van der Waals surface area contributed by atoms with Crippen molar-refractivity contribution in [1.82, 2.24) is 8.80 Å². The highest BCUT2D eigenvalue weighted by atomic mass is 14.9. The van der Waals surface area contributed by atoms with E-state index >= 15 is 0 Å². The minimum atomic E-state index is 0.0677. The predicted molar refractivity (Wildman–Crippen MR) is 291 cm³/mol. The van der Waals surface area contributed by atoms with Crippen LogP contribution in [-0.2, 0) is 0 Å². The van der Waals surface area contributed by atoms with Crippen LogP contribution in [0.3, 0.4) is 0 Å². The summed E-state index contributed by atoms with van der Waals surface area (Å²) in [5.74, 6) is 1.09. The number of aromatic nitrogens is 2. The van der Waals surface area contributed by atoms with Gasteiger partial charge in [0, 0.05) is 54.9 Å². The van der Waals surface area contributed by atoms with Crippen LogP contribution in [0, 0.1) is 27.7 Å². The summed E-state index contributed by atoms with van der Waals surface area (Å²) < 4.78 is 5.18. The Morgan fingerprint density at radius 1 is 0.294 bits per heavy atom. The van der Waals surface area contributed by atoms with Crippen molar-refractivity contribution >= 4 is 76.2 Å². The molecule has 0 radical (unpaired) electrons. The van der Waals surface area contributed by atoms with Gasteiger partial charge in [-0.2, -0.15) is 0 Å². The molecule has 2 heteroatoms. The smallest absolute Gasteiger partial charge is 0.0623 e. The van der Waals surface area contributed by atoms with Crippen LogP contribution in [-0.4, -0.2) is 8.80 Å². The molecule has 0 spiro atoms. The normalized spacial score (nSPS) is 13.4. The molecular formula is C66H56N2. The van der Waals surface area contributed by atoms with Gasteiger partial charge in [0.2, 0.25) is 0 Å². The summed E-state index contributed by atoms with van der Waals surface area (Å²) in [6.45, 7) is 18.1. The van der Waals surface area contributed by atoms with Gasteiger partial charge < -0.3 is 8.80 Å². The molecule has 13 rings (SSSR count). The summed E-state index contributed by atoms with van der Waals surface area (Å²) in [6.07, 6.45) is 0. The zero-order valence-corrected chi connectivity index (χ0v) is 40.4. The van der Waals surface area contributed by atoms with Gasteiger partial charge in [-0.15, -0.1) is 0 Å². The molecule has 330 valence electrons. The number of fused-ring (bicyclic) bond motifs is 12. The number of aryl methyl sites for hydroxylation is 4. The maximum absolute atomic E-state index is 2.59. The van der Waals surface area contributed by atoms with Gasteiger partial charge in [0.1, 0.15) is 0 Å². The van der Waals surface area contributed by atoms with E-state index in [0.717, 1.165) is 0 Å². The second-order valence-corrected chi connectivity index (χ2v) is 20.8. The summed E-state index contributed by atoms with van der Waals surface area (Å²) >= 11 is 0. The maximum atomic E-state index is 2.59. The van der Waals surface area contributed by atoms with E-state index in [2.05, 4.69) is 234 Å². The molecular weight excluding hydrogens is 821 g/mol. The average molecular weight is 877 g/mol. The first-order valence-electron chi connectivity index (χ1n) is 24.7. The van der Waals surface area contributed by atoms with Gasteiger partial charge in [-0.25, -0.2) is 0 Å². The SMILES string of the molecule is Cc1cc(C)cc(C(c2ccc(C(C)C)cc2)c2ccc3c4cc5c(cc4n4c6ccccc6c2c34)c2ccc(C(c3ccc(C(C)C)cc3)c3cc(C)cc(C)c3)c3c4ccccc4n5c23)c1. The molecule has 0 saturated heterocycles. The number of hydrogen-bond acceptors (Lipinski definition) is 0. The first kappa shape index (κ1) is 40.8. The summed E-state index contributed by atoms with van der Waals surface area (Å²) in [4.78, 5) is 0. The van der Waals surface area contributed by atoms with E-state index in [4.69, 9.17) is 0 Å². The van der Waals surface area contributed by atoms with Gasteiger partial charge in [0.15, 0.2) is 0 Å². The fourth-order valence-electron chi connectivity index (χ4n) is 12.6. The van der Waals surface area contributed by atoms with Crippen LogP contribution in [0.5, 0.6) is 0 Å². The van der Waals surface area contributed by atoms with Crippen LogP contribution >= 0.6 is 0 Å². The molecule has 9 aromatic carbocycles. The molecule has 0 saturated carbocycles. The molecule has 0 N–H and O–H groups in total. The number of para-hydroxylation sites is 2. The largest absolute Gasteiger partial charge is 0.308 e. The standard InChI is InChI=1S/C66H56N2/c1-37(2)43-17-21-45(22-18-43)61(47-31-39(5)29-40(6)32-47)53-27-25-49-55-35-60-56(36-59(55)67-57-15-11-9-13-51(57)63(53)65(49)67)50-26-28-54(64-52-14-10-12-16-58(52)68(60)66(50)64)62(48-33-41(7)30-42(8)34-48)46-23-19-44(20-24-46)38(3)4/h9-38,61-62H,1-8H3. The van der Waals surface area contributed by atoms with Gasteiger partial charge in [-0.1, -0.05) is 196 Å². The molecule has 2 atom stereocenters. The monoisotopic (exact) mass is 876 g/mol. The fraction of sp³-hybridized carbons (Fsp3) is 0.182. The van der Waals surface area contributed by atoms with Crippen LogP contribution in [0.1, 0.15) is 118 Å². The van der Waals surface area contributed by atoms with Crippen molar-refractivity contribution in [3.8, 4) is 0 Å². The molecule has 2 unspecified atom stereocenters. The van der Waals surface area contributed by atoms with E-state index in [9.17, 15) is 0 Å². The van der Waals surface area contributed by atoms with Crippen molar-refractivity contribution in [2.45, 2.75) is 79.1 Å². The molecule has 4 aromatic heterocycles. The van der Waals surface area contributed by atoms with E-state index in [1.165, 1.54) is 143 Å². The first-order valence-corrected chi connectivity index (χ1v) is 24.7. The van der Waals surface area contributed by atoms with Crippen LogP contribution in [0.2, 0.25) is 0 Å². The lowest BCUT2D eigenvalue weighted by molar-refractivity contribution is 0.862. The lowest BCUT2D eigenvalue weighted by atomic mass is 9.81. The summed E-state index contributed by atoms with van der Waals surface area (Å²) in [6, 6.07) is 66.2. The van der Waals surface area contributed by atoms with Crippen molar-refractivity contribution in [3.05, 3.63) is 237 Å². The lowest BCUT2D eigenvalue weighted by Crippen LogP contribution is -2.05. The topological polar surface area (TPSA) is 8.82 Å². The Morgan fingerprint density at radius 2 is 0.647 bits per heavy atom. The molecule has 0 aliphatic heterocycles. The second-order valence-electron chi connectivity index (χ2n) is 20.8. The van der Waals surface area contributed by atoms with Gasteiger partial charge in [-0.05, 0) is 108 Å². The molecule has 68 heavy (non-hydrogen) atoms. The minimum Gasteiger partial charge on any atom is -0.308 e. The number of rotatable bonds is 8. The Balaban J connectivity index is 1.10. The third-order valence-corrected chi connectivity index (χ3v) is 15.5. The molecule has 2 nitrogen and oxygen atoms in total. The van der Waals surface area contributed by atoms with E-state index < -0.39 is 0 Å². The van der Waals surface area contributed by atoms with E-state index in [0.29, 0.717) is 11.8 Å². The predicted octanol–water partition coefficient (Wildman–Crippen LogP) is 17.8. The molecule has 0 aliphatic rings. The molecule has 0 aliphatic carbocycles. The van der Waals surface area contributed by atoms with Crippen LogP contribution in [0.4, 0.5) is 0 Å². The molecule has 0 fully saturated rings. The van der Waals surface area contributed by atoms with Gasteiger partial charge in [-0.3, -0.25) is 0 Å². The van der Waals surface area contributed by atoms with E-state index in [-0.39, 0.29) is 11.8 Å². The summed E-state index contributed by atoms with van der Waals surface area (Å²) in [7, 11) is 0. The third kappa shape index (κ3) is 5.96.